The number of halogens is 1. The van der Waals surface area contributed by atoms with Crippen LogP contribution in [0.1, 0.15) is 40.0 Å². The van der Waals surface area contributed by atoms with Gasteiger partial charge in [0.2, 0.25) is 0 Å². The summed E-state index contributed by atoms with van der Waals surface area (Å²) in [6.07, 6.45) is 2.39. The van der Waals surface area contributed by atoms with Crippen molar-refractivity contribution in [3.63, 3.8) is 0 Å². The molecule has 0 aromatic carbocycles. The van der Waals surface area contributed by atoms with Crippen LogP contribution in [0.25, 0.3) is 0 Å². The molecule has 1 aliphatic rings. The first-order chi connectivity index (χ1) is 5.41. The third-order valence-corrected chi connectivity index (χ3v) is 2.27. The van der Waals surface area contributed by atoms with Crippen molar-refractivity contribution in [3.8, 4) is 0 Å². The summed E-state index contributed by atoms with van der Waals surface area (Å²) < 4.78 is 14.0. The minimum Gasteiger partial charge on any atom is -0.314 e. The Morgan fingerprint density at radius 1 is 1.42 bits per heavy atom. The van der Waals surface area contributed by atoms with Gasteiger partial charge in [0.1, 0.15) is 5.67 Å². The highest BCUT2D eigenvalue weighted by Crippen LogP contribution is 2.34. The van der Waals surface area contributed by atoms with Gasteiger partial charge in [-0.2, -0.15) is 0 Å². The van der Waals surface area contributed by atoms with Crippen LogP contribution in [0.3, 0.4) is 0 Å². The van der Waals surface area contributed by atoms with Gasteiger partial charge in [0.25, 0.3) is 0 Å². The van der Waals surface area contributed by atoms with Gasteiger partial charge in [-0.1, -0.05) is 20.8 Å². The van der Waals surface area contributed by atoms with Crippen LogP contribution in [-0.4, -0.2) is 18.8 Å². The van der Waals surface area contributed by atoms with E-state index in [9.17, 15) is 4.39 Å². The Morgan fingerprint density at radius 2 is 2.08 bits per heavy atom. The molecule has 0 aliphatic carbocycles. The number of hydrogen-bond donors (Lipinski definition) is 1. The zero-order chi connectivity index (χ0) is 9.24. The van der Waals surface area contributed by atoms with E-state index in [1.165, 1.54) is 0 Å². The van der Waals surface area contributed by atoms with Gasteiger partial charge in [0.05, 0.1) is 0 Å². The minimum atomic E-state index is -0.948. The van der Waals surface area contributed by atoms with E-state index in [0.717, 1.165) is 19.4 Å². The first-order valence-corrected chi connectivity index (χ1v) is 4.81. The van der Waals surface area contributed by atoms with Crippen LogP contribution in [-0.2, 0) is 0 Å². The first-order valence-electron chi connectivity index (χ1n) is 4.81. The molecule has 1 saturated heterocycles. The maximum Gasteiger partial charge on any atom is 0.124 e. The van der Waals surface area contributed by atoms with E-state index in [0.29, 0.717) is 13.0 Å². The fraction of sp³-hybridized carbons (Fsp3) is 1.00. The van der Waals surface area contributed by atoms with Crippen molar-refractivity contribution >= 4 is 0 Å². The van der Waals surface area contributed by atoms with Crippen LogP contribution in [0.15, 0.2) is 0 Å². The van der Waals surface area contributed by atoms with E-state index >= 15 is 0 Å². The van der Waals surface area contributed by atoms with Gasteiger partial charge in [-0.05, 0) is 31.2 Å². The van der Waals surface area contributed by atoms with Crippen LogP contribution >= 0.6 is 0 Å². The summed E-state index contributed by atoms with van der Waals surface area (Å²) in [5.41, 5.74) is -0.843. The van der Waals surface area contributed by atoms with Crippen molar-refractivity contribution in [1.29, 1.82) is 0 Å². The van der Waals surface area contributed by atoms with E-state index in [1.807, 2.05) is 0 Å². The molecule has 0 aromatic heterocycles. The van der Waals surface area contributed by atoms with Crippen molar-refractivity contribution in [2.45, 2.75) is 45.7 Å². The quantitative estimate of drug-likeness (QED) is 0.642. The molecule has 0 amide bonds. The molecule has 1 aliphatic heterocycles. The summed E-state index contributed by atoms with van der Waals surface area (Å²) in [4.78, 5) is 0. The number of piperidine rings is 1. The highest BCUT2D eigenvalue weighted by Gasteiger charge is 2.35. The average molecular weight is 173 g/mol. The van der Waals surface area contributed by atoms with Crippen molar-refractivity contribution in [1.82, 2.24) is 5.32 Å². The van der Waals surface area contributed by atoms with E-state index in [2.05, 4.69) is 26.1 Å². The van der Waals surface area contributed by atoms with Gasteiger partial charge in [-0.3, -0.25) is 0 Å². The van der Waals surface area contributed by atoms with Gasteiger partial charge in [-0.15, -0.1) is 0 Å². The lowest BCUT2D eigenvalue weighted by molar-refractivity contribution is 0.0704. The molecule has 0 saturated carbocycles. The summed E-state index contributed by atoms with van der Waals surface area (Å²) in [6, 6.07) is 0. The SMILES string of the molecule is CC(C)(C)CC1(F)CCCNC1. The molecule has 0 bridgehead atoms. The van der Waals surface area contributed by atoms with Crippen LogP contribution in [0.2, 0.25) is 0 Å². The minimum absolute atomic E-state index is 0.105. The smallest absolute Gasteiger partial charge is 0.124 e. The lowest BCUT2D eigenvalue weighted by Gasteiger charge is -2.35. The van der Waals surface area contributed by atoms with Crippen molar-refractivity contribution < 1.29 is 4.39 Å². The molecule has 1 N–H and O–H groups in total. The third kappa shape index (κ3) is 3.10. The van der Waals surface area contributed by atoms with Gasteiger partial charge in [0.15, 0.2) is 0 Å². The molecule has 1 nitrogen and oxygen atoms in total. The van der Waals surface area contributed by atoms with Crippen molar-refractivity contribution in [3.05, 3.63) is 0 Å². The summed E-state index contributed by atoms with van der Waals surface area (Å²) >= 11 is 0. The average Bonchev–Trinajstić information content (AvgIpc) is 1.83. The topological polar surface area (TPSA) is 12.0 Å². The van der Waals surface area contributed by atoms with Gasteiger partial charge >= 0.3 is 0 Å². The Morgan fingerprint density at radius 3 is 2.50 bits per heavy atom. The van der Waals surface area contributed by atoms with Crippen LogP contribution in [0.5, 0.6) is 0 Å². The number of nitrogens with one attached hydrogen (secondary N) is 1. The van der Waals surface area contributed by atoms with Crippen molar-refractivity contribution in [2.75, 3.05) is 13.1 Å². The summed E-state index contributed by atoms with van der Waals surface area (Å²) in [5.74, 6) is 0. The highest BCUT2D eigenvalue weighted by atomic mass is 19.1. The van der Waals surface area contributed by atoms with E-state index in [-0.39, 0.29) is 5.41 Å². The Hall–Kier alpha value is -0.110. The number of alkyl halides is 1. The molecular weight excluding hydrogens is 153 g/mol. The monoisotopic (exact) mass is 173 g/mol. The number of hydrogen-bond acceptors (Lipinski definition) is 1. The van der Waals surface area contributed by atoms with Crippen LogP contribution < -0.4 is 5.32 Å². The van der Waals surface area contributed by atoms with Crippen molar-refractivity contribution in [2.24, 2.45) is 5.41 Å². The van der Waals surface area contributed by atoms with E-state index < -0.39 is 5.67 Å². The second-order valence-corrected chi connectivity index (χ2v) is 5.17. The molecular formula is C10H20FN. The normalized spacial score (nSPS) is 32.0. The summed E-state index contributed by atoms with van der Waals surface area (Å²) in [7, 11) is 0. The molecule has 1 fully saturated rings. The standard InChI is InChI=1S/C10H20FN/c1-9(2,3)7-10(11)5-4-6-12-8-10/h12H,4-8H2,1-3H3. The van der Waals surface area contributed by atoms with Gasteiger partial charge < -0.3 is 5.32 Å². The second-order valence-electron chi connectivity index (χ2n) is 5.17. The molecule has 2 heteroatoms. The van der Waals surface area contributed by atoms with Gasteiger partial charge in [0, 0.05) is 6.54 Å². The molecule has 1 rings (SSSR count). The second kappa shape index (κ2) is 3.33. The Bertz CT molecular complexity index is 142. The molecule has 72 valence electrons. The largest absolute Gasteiger partial charge is 0.314 e. The fourth-order valence-corrected chi connectivity index (χ4v) is 2.03. The molecule has 1 heterocycles. The Kier molecular flexibility index (Phi) is 2.77. The first kappa shape index (κ1) is 9.97. The predicted octanol–water partition coefficient (Wildman–Crippen LogP) is 2.51. The Labute approximate surface area is 74.7 Å². The van der Waals surface area contributed by atoms with Crippen LogP contribution in [0.4, 0.5) is 4.39 Å². The molecule has 1 atom stereocenters. The summed E-state index contributed by atoms with van der Waals surface area (Å²) in [5, 5.41) is 3.12. The number of rotatable bonds is 1. The van der Waals surface area contributed by atoms with Crippen LogP contribution in [0, 0.1) is 5.41 Å². The summed E-state index contributed by atoms with van der Waals surface area (Å²) in [6.45, 7) is 7.83. The zero-order valence-electron chi connectivity index (χ0n) is 8.41. The molecule has 0 spiro atoms. The maximum absolute atomic E-state index is 14.0. The lowest BCUT2D eigenvalue weighted by atomic mass is 9.79. The fourth-order valence-electron chi connectivity index (χ4n) is 2.03. The molecule has 0 aromatic rings. The Balaban J connectivity index is 2.47. The van der Waals surface area contributed by atoms with Gasteiger partial charge in [-0.25, -0.2) is 4.39 Å². The third-order valence-electron chi connectivity index (χ3n) is 2.27. The van der Waals surface area contributed by atoms with E-state index in [1.54, 1.807) is 0 Å². The lowest BCUT2D eigenvalue weighted by Crippen LogP contribution is -2.44. The zero-order valence-corrected chi connectivity index (χ0v) is 8.41. The molecule has 12 heavy (non-hydrogen) atoms. The predicted molar refractivity (Wildman–Crippen MR) is 50.0 cm³/mol. The maximum atomic E-state index is 14.0. The highest BCUT2D eigenvalue weighted by molar-refractivity contribution is 4.89. The molecule has 1 unspecified atom stereocenters. The van der Waals surface area contributed by atoms with E-state index in [4.69, 9.17) is 0 Å². The molecule has 0 radical (unpaired) electrons.